The van der Waals surface area contributed by atoms with Crippen molar-refractivity contribution < 1.29 is 40.1 Å². The van der Waals surface area contributed by atoms with Crippen molar-refractivity contribution in [3.05, 3.63) is 47.5 Å². The molecule has 0 heterocycles. The molecular weight excluding hydrogens is 456 g/mol. The number of aliphatic imine (C=N–C) groups is 2. The highest BCUT2D eigenvalue weighted by molar-refractivity contribution is 5.85. The van der Waals surface area contributed by atoms with Crippen LogP contribution in [0.1, 0.15) is 31.4 Å². The maximum absolute atomic E-state index is 10.4. The lowest BCUT2D eigenvalue weighted by Gasteiger charge is -2.19. The molecule has 0 atom stereocenters. The van der Waals surface area contributed by atoms with E-state index in [4.69, 9.17) is 9.47 Å². The smallest absolute Gasteiger partial charge is 0.166 e. The fraction of sp³-hybridized carbons (Fsp3) is 0.440. The van der Waals surface area contributed by atoms with Gasteiger partial charge in [0.2, 0.25) is 0 Å². The number of rotatable bonds is 14. The number of hydrogen-bond acceptors (Lipinski definition) is 10. The van der Waals surface area contributed by atoms with Crippen LogP contribution in [0.3, 0.4) is 0 Å². The number of para-hydroxylation sites is 2. The highest BCUT2D eigenvalue weighted by Gasteiger charge is 2.21. The van der Waals surface area contributed by atoms with Crippen LogP contribution in [0.15, 0.2) is 46.4 Å². The summed E-state index contributed by atoms with van der Waals surface area (Å²) in [5, 5.41) is 58.2. The molecule has 0 amide bonds. The van der Waals surface area contributed by atoms with Crippen LogP contribution in [0.5, 0.6) is 23.0 Å². The number of phenolic OH excluding ortho intramolecular Hbond substituents is 2. The second-order valence-corrected chi connectivity index (χ2v) is 8.58. The third-order valence-corrected chi connectivity index (χ3v) is 5.26. The molecule has 0 saturated carbocycles. The van der Waals surface area contributed by atoms with E-state index >= 15 is 0 Å². The minimum absolute atomic E-state index is 0.113. The monoisotopic (exact) mass is 490 g/mol. The molecule has 2 aromatic carbocycles. The largest absolute Gasteiger partial charge is 0.504 e. The van der Waals surface area contributed by atoms with E-state index in [0.29, 0.717) is 17.5 Å². The van der Waals surface area contributed by atoms with Crippen LogP contribution in [0.25, 0.3) is 0 Å². The predicted octanol–water partition coefficient (Wildman–Crippen LogP) is 1.27. The fourth-order valence-corrected chi connectivity index (χ4v) is 2.66. The van der Waals surface area contributed by atoms with Gasteiger partial charge in [0.1, 0.15) is 11.1 Å². The Bertz CT molecular complexity index is 921. The van der Waals surface area contributed by atoms with Crippen molar-refractivity contribution in [2.24, 2.45) is 9.98 Å². The Morgan fingerprint density at radius 1 is 0.686 bits per heavy atom. The van der Waals surface area contributed by atoms with Crippen molar-refractivity contribution in [1.29, 1.82) is 0 Å². The summed E-state index contributed by atoms with van der Waals surface area (Å²) in [4.78, 5) is 8.28. The van der Waals surface area contributed by atoms with E-state index in [1.165, 1.54) is 12.4 Å². The van der Waals surface area contributed by atoms with E-state index in [0.717, 1.165) is 0 Å². The van der Waals surface area contributed by atoms with Crippen LogP contribution in [0.4, 0.5) is 0 Å². The van der Waals surface area contributed by atoms with Gasteiger partial charge in [-0.3, -0.25) is 9.98 Å². The van der Waals surface area contributed by atoms with Gasteiger partial charge in [-0.25, -0.2) is 0 Å². The first-order valence-corrected chi connectivity index (χ1v) is 11.1. The molecule has 0 unspecified atom stereocenters. The topological polar surface area (TPSA) is 165 Å². The summed E-state index contributed by atoms with van der Waals surface area (Å²) in [6.07, 6.45) is 3.21. The molecule has 6 N–H and O–H groups in total. The lowest BCUT2D eigenvalue weighted by atomic mass is 10.1. The Hall–Kier alpha value is -3.18. The Morgan fingerprint density at radius 2 is 1.06 bits per heavy atom. The van der Waals surface area contributed by atoms with Crippen LogP contribution in [-0.4, -0.2) is 93.8 Å². The maximum Gasteiger partial charge on any atom is 0.166 e. The molecule has 0 aliphatic carbocycles. The molecule has 2 aromatic rings. The number of phenols is 2. The highest BCUT2D eigenvalue weighted by Crippen LogP contribution is 2.30. The molecule has 0 radical (unpaired) electrons. The van der Waals surface area contributed by atoms with Gasteiger partial charge >= 0.3 is 0 Å². The Labute approximate surface area is 204 Å². The Balaban J connectivity index is 1.93. The van der Waals surface area contributed by atoms with Crippen LogP contribution in [0, 0.1) is 0 Å². The standard InChI is InChI=1S/C25H34N2O8/c1-24(14-28,15-29)26-12-18-6-3-8-20(22(18)32)34-10-5-11-35-21-9-4-7-19(23(21)33)13-27-25(2,16-30)17-31/h3-4,6-9,12-13,28-33H,5,10-11,14-17H2,1-2H3. The van der Waals surface area contributed by atoms with Crippen molar-refractivity contribution in [1.82, 2.24) is 0 Å². The molecule has 10 heteroatoms. The molecule has 0 aliphatic rings. The van der Waals surface area contributed by atoms with E-state index in [1.54, 1.807) is 50.2 Å². The number of nitrogens with zero attached hydrogens (tertiary/aromatic N) is 2. The summed E-state index contributed by atoms with van der Waals surface area (Å²) in [7, 11) is 0. The van der Waals surface area contributed by atoms with Crippen molar-refractivity contribution in [3.8, 4) is 23.0 Å². The Morgan fingerprint density at radius 3 is 1.40 bits per heavy atom. The van der Waals surface area contributed by atoms with Gasteiger partial charge in [0, 0.05) is 30.0 Å². The van der Waals surface area contributed by atoms with Crippen molar-refractivity contribution in [3.63, 3.8) is 0 Å². The van der Waals surface area contributed by atoms with E-state index in [9.17, 15) is 30.6 Å². The van der Waals surface area contributed by atoms with Gasteiger partial charge in [0.05, 0.1) is 39.6 Å². The summed E-state index contributed by atoms with van der Waals surface area (Å²) < 4.78 is 11.3. The Kier molecular flexibility index (Phi) is 10.5. The average Bonchev–Trinajstić information content (AvgIpc) is 2.88. The molecule has 10 nitrogen and oxygen atoms in total. The average molecular weight is 491 g/mol. The number of aromatic hydroxyl groups is 2. The number of aliphatic hydroxyl groups is 4. The van der Waals surface area contributed by atoms with Crippen LogP contribution >= 0.6 is 0 Å². The lowest BCUT2D eigenvalue weighted by Crippen LogP contribution is -2.31. The predicted molar refractivity (Wildman–Crippen MR) is 132 cm³/mol. The molecule has 0 aromatic heterocycles. The summed E-state index contributed by atoms with van der Waals surface area (Å²) in [5.74, 6) is 0.275. The van der Waals surface area contributed by atoms with E-state index in [2.05, 4.69) is 9.98 Å². The summed E-state index contributed by atoms with van der Waals surface area (Å²) >= 11 is 0. The van der Waals surface area contributed by atoms with Crippen LogP contribution in [-0.2, 0) is 0 Å². The van der Waals surface area contributed by atoms with Gasteiger partial charge in [-0.1, -0.05) is 12.1 Å². The first-order chi connectivity index (χ1) is 16.7. The zero-order valence-corrected chi connectivity index (χ0v) is 20.0. The zero-order chi connectivity index (χ0) is 25.9. The summed E-state index contributed by atoms with van der Waals surface area (Å²) in [6.45, 7) is 2.27. The molecule has 0 bridgehead atoms. The quantitative estimate of drug-likeness (QED) is 0.170. The fourth-order valence-electron chi connectivity index (χ4n) is 2.66. The maximum atomic E-state index is 10.4. The lowest BCUT2D eigenvalue weighted by molar-refractivity contribution is 0.136. The second kappa shape index (κ2) is 13.1. The minimum Gasteiger partial charge on any atom is -0.504 e. The second-order valence-electron chi connectivity index (χ2n) is 8.58. The van der Waals surface area contributed by atoms with Crippen molar-refractivity contribution in [2.45, 2.75) is 31.3 Å². The summed E-state index contributed by atoms with van der Waals surface area (Å²) in [5.41, 5.74) is -1.33. The number of hydrogen-bond donors (Lipinski definition) is 6. The van der Waals surface area contributed by atoms with E-state index in [-0.39, 0.29) is 62.6 Å². The van der Waals surface area contributed by atoms with Gasteiger partial charge in [-0.15, -0.1) is 0 Å². The van der Waals surface area contributed by atoms with Gasteiger partial charge in [0.15, 0.2) is 23.0 Å². The van der Waals surface area contributed by atoms with Crippen molar-refractivity contribution in [2.75, 3.05) is 39.6 Å². The van der Waals surface area contributed by atoms with Crippen LogP contribution in [0.2, 0.25) is 0 Å². The minimum atomic E-state index is -1.05. The van der Waals surface area contributed by atoms with E-state index < -0.39 is 11.1 Å². The molecule has 35 heavy (non-hydrogen) atoms. The third-order valence-electron chi connectivity index (χ3n) is 5.26. The zero-order valence-electron chi connectivity index (χ0n) is 20.0. The number of benzene rings is 2. The van der Waals surface area contributed by atoms with Gasteiger partial charge in [-0.05, 0) is 38.1 Å². The van der Waals surface area contributed by atoms with E-state index in [1.807, 2.05) is 0 Å². The number of aliphatic hydroxyl groups excluding tert-OH is 4. The number of ether oxygens (including phenoxy) is 2. The molecular formula is C25H34N2O8. The van der Waals surface area contributed by atoms with Gasteiger partial charge in [0.25, 0.3) is 0 Å². The first-order valence-electron chi connectivity index (χ1n) is 11.1. The highest BCUT2D eigenvalue weighted by atomic mass is 16.5. The van der Waals surface area contributed by atoms with Gasteiger partial charge in [-0.2, -0.15) is 0 Å². The molecule has 0 saturated heterocycles. The SMILES string of the molecule is CC(CO)(CO)N=Cc1cccc(OCCCOc2cccc(C=NC(C)(CO)CO)c2O)c1O. The van der Waals surface area contributed by atoms with Crippen LogP contribution < -0.4 is 9.47 Å². The summed E-state index contributed by atoms with van der Waals surface area (Å²) in [6, 6.07) is 9.84. The first kappa shape index (κ1) is 28.1. The molecule has 2 rings (SSSR count). The molecule has 0 aliphatic heterocycles. The molecule has 0 fully saturated rings. The molecule has 192 valence electrons. The molecule has 0 spiro atoms. The van der Waals surface area contributed by atoms with Gasteiger partial charge < -0.3 is 40.1 Å². The van der Waals surface area contributed by atoms with Crippen molar-refractivity contribution >= 4 is 12.4 Å². The third kappa shape index (κ3) is 7.93. The normalized spacial score (nSPS) is 12.5.